The third-order valence-corrected chi connectivity index (χ3v) is 5.57. The second kappa shape index (κ2) is 6.50. The van der Waals surface area contributed by atoms with Gasteiger partial charge in [-0.15, -0.1) is 0 Å². The fourth-order valence-electron chi connectivity index (χ4n) is 2.74. The summed E-state index contributed by atoms with van der Waals surface area (Å²) in [4.78, 5) is 11.3. The zero-order valence-corrected chi connectivity index (χ0v) is 14.7. The molecule has 2 aromatic rings. The molecule has 0 bridgehead atoms. The van der Waals surface area contributed by atoms with Crippen LogP contribution in [-0.4, -0.2) is 25.5 Å². The zero-order valence-electron chi connectivity index (χ0n) is 13.9. The maximum atomic E-state index is 12.6. The Bertz CT molecular complexity index is 921. The van der Waals surface area contributed by atoms with Crippen molar-refractivity contribution in [2.75, 3.05) is 0 Å². The van der Waals surface area contributed by atoms with Gasteiger partial charge in [0, 0.05) is 12.0 Å². The minimum absolute atomic E-state index is 0.0288. The van der Waals surface area contributed by atoms with E-state index in [0.717, 1.165) is 16.9 Å². The summed E-state index contributed by atoms with van der Waals surface area (Å²) < 4.78 is 33.2. The van der Waals surface area contributed by atoms with E-state index >= 15 is 0 Å². The number of fused-ring (bicyclic) bond motifs is 2. The van der Waals surface area contributed by atoms with Crippen molar-refractivity contribution >= 4 is 16.0 Å². The first-order valence-corrected chi connectivity index (χ1v) is 9.40. The Labute approximate surface area is 146 Å². The van der Waals surface area contributed by atoms with Gasteiger partial charge in [0.05, 0.1) is 4.90 Å². The van der Waals surface area contributed by atoms with Gasteiger partial charge in [0.15, 0.2) is 0 Å². The first-order chi connectivity index (χ1) is 11.8. The number of carbonyl (C=O) groups is 1. The van der Waals surface area contributed by atoms with Crippen molar-refractivity contribution < 1.29 is 23.1 Å². The number of ether oxygens (including phenoxy) is 1. The molecule has 132 valence electrons. The van der Waals surface area contributed by atoms with E-state index in [2.05, 4.69) is 4.72 Å². The highest BCUT2D eigenvalue weighted by molar-refractivity contribution is 7.89. The second-order valence-electron chi connectivity index (χ2n) is 6.34. The number of sulfonamides is 1. The van der Waals surface area contributed by atoms with Crippen molar-refractivity contribution in [3.05, 3.63) is 53.6 Å². The Morgan fingerprint density at radius 3 is 2.48 bits per heavy atom. The van der Waals surface area contributed by atoms with Gasteiger partial charge in [0.1, 0.15) is 17.5 Å². The van der Waals surface area contributed by atoms with Gasteiger partial charge in [-0.05, 0) is 35.7 Å². The molecule has 0 aromatic heterocycles. The van der Waals surface area contributed by atoms with Gasteiger partial charge in [0.2, 0.25) is 10.0 Å². The zero-order chi connectivity index (χ0) is 18.2. The lowest BCUT2D eigenvalue weighted by Crippen LogP contribution is -2.44. The van der Waals surface area contributed by atoms with Crippen LogP contribution < -0.4 is 9.46 Å². The molecule has 2 aromatic carbocycles. The Morgan fingerprint density at radius 2 is 1.80 bits per heavy atom. The molecule has 0 spiro atoms. The average Bonchev–Trinajstić information content (AvgIpc) is 2.56. The number of nitrogens with one attached hydrogen (secondary N) is 1. The highest BCUT2D eigenvalue weighted by Gasteiger charge is 2.29. The largest absolute Gasteiger partial charge is 0.480 e. The van der Waals surface area contributed by atoms with E-state index in [4.69, 9.17) is 4.74 Å². The second-order valence-corrected chi connectivity index (χ2v) is 8.05. The molecule has 1 unspecified atom stereocenters. The average molecular weight is 361 g/mol. The summed E-state index contributed by atoms with van der Waals surface area (Å²) in [6.07, 6.45) is 0.557. The molecular formula is C18H19NO5S. The molecule has 0 saturated carbocycles. The first kappa shape index (κ1) is 17.4. The van der Waals surface area contributed by atoms with Gasteiger partial charge in [-0.2, -0.15) is 4.72 Å². The molecule has 0 fully saturated rings. The van der Waals surface area contributed by atoms with Gasteiger partial charge in [-0.1, -0.05) is 32.0 Å². The van der Waals surface area contributed by atoms with Crippen LogP contribution in [0.2, 0.25) is 0 Å². The van der Waals surface area contributed by atoms with Crippen molar-refractivity contribution in [3.63, 3.8) is 0 Å². The third kappa shape index (κ3) is 3.52. The van der Waals surface area contributed by atoms with E-state index in [0.29, 0.717) is 12.2 Å². The van der Waals surface area contributed by atoms with Crippen LogP contribution >= 0.6 is 0 Å². The van der Waals surface area contributed by atoms with Crippen molar-refractivity contribution in [1.29, 1.82) is 0 Å². The van der Waals surface area contributed by atoms with E-state index in [9.17, 15) is 18.3 Å². The lowest BCUT2D eigenvalue weighted by atomic mass is 10.0. The maximum Gasteiger partial charge on any atom is 0.322 e. The molecule has 3 rings (SSSR count). The quantitative estimate of drug-likeness (QED) is 0.729. The molecule has 6 nitrogen and oxygen atoms in total. The molecule has 0 radical (unpaired) electrons. The van der Waals surface area contributed by atoms with Crippen molar-refractivity contribution in [3.8, 4) is 11.5 Å². The van der Waals surface area contributed by atoms with Gasteiger partial charge in [0.25, 0.3) is 0 Å². The Kier molecular flexibility index (Phi) is 4.53. The molecule has 25 heavy (non-hydrogen) atoms. The molecule has 1 heterocycles. The van der Waals surface area contributed by atoms with Crippen LogP contribution in [0.3, 0.4) is 0 Å². The molecule has 7 heteroatoms. The third-order valence-electron chi connectivity index (χ3n) is 4.13. The van der Waals surface area contributed by atoms with Crippen LogP contribution in [0.25, 0.3) is 0 Å². The van der Waals surface area contributed by atoms with Crippen LogP contribution in [0.15, 0.2) is 47.4 Å². The summed E-state index contributed by atoms with van der Waals surface area (Å²) in [7, 11) is -3.95. The van der Waals surface area contributed by atoms with Gasteiger partial charge in [-0.3, -0.25) is 4.79 Å². The summed E-state index contributed by atoms with van der Waals surface area (Å²) in [5.41, 5.74) is 1.72. The van der Waals surface area contributed by atoms with E-state index < -0.39 is 22.0 Å². The smallest absolute Gasteiger partial charge is 0.322 e. The predicted octanol–water partition coefficient (Wildman–Crippen LogP) is 2.77. The molecule has 0 amide bonds. The van der Waals surface area contributed by atoms with Crippen LogP contribution in [-0.2, 0) is 21.2 Å². The van der Waals surface area contributed by atoms with E-state index in [1.807, 2.05) is 24.3 Å². The lowest BCUT2D eigenvalue weighted by Gasteiger charge is -2.22. The summed E-state index contributed by atoms with van der Waals surface area (Å²) in [5.74, 6) is -0.209. The fraction of sp³-hybridized carbons (Fsp3) is 0.278. The predicted molar refractivity (Wildman–Crippen MR) is 92.3 cm³/mol. The number of hydrogen-bond acceptors (Lipinski definition) is 4. The number of benzene rings is 2. The monoisotopic (exact) mass is 361 g/mol. The van der Waals surface area contributed by atoms with E-state index in [-0.39, 0.29) is 10.8 Å². The van der Waals surface area contributed by atoms with Crippen LogP contribution in [0.1, 0.15) is 25.0 Å². The normalized spacial score (nSPS) is 14.4. The SMILES string of the molecule is CC(C)C(NS(=O)(=O)c1ccc2c(c1)Cc1ccccc1O2)C(=O)O. The number of carboxylic acids is 1. The van der Waals surface area contributed by atoms with Crippen molar-refractivity contribution in [2.45, 2.75) is 31.2 Å². The van der Waals surface area contributed by atoms with Gasteiger partial charge < -0.3 is 9.84 Å². The number of rotatable bonds is 5. The molecule has 0 saturated heterocycles. The van der Waals surface area contributed by atoms with Gasteiger partial charge >= 0.3 is 5.97 Å². The topological polar surface area (TPSA) is 92.7 Å². The summed E-state index contributed by atoms with van der Waals surface area (Å²) in [5, 5.41) is 9.21. The molecule has 1 aliphatic rings. The minimum atomic E-state index is -3.95. The summed E-state index contributed by atoms with van der Waals surface area (Å²) in [6.45, 7) is 3.30. The standard InChI is InChI=1S/C18H19NO5S/c1-11(2)17(18(20)21)19-25(22,23)14-7-8-16-13(10-14)9-12-5-3-4-6-15(12)24-16/h3-8,10-11,17,19H,9H2,1-2H3,(H,20,21). The Hall–Kier alpha value is -2.38. The highest BCUT2D eigenvalue weighted by Crippen LogP contribution is 2.37. The Morgan fingerprint density at radius 1 is 1.12 bits per heavy atom. The molecule has 2 N–H and O–H groups in total. The maximum absolute atomic E-state index is 12.6. The van der Waals surface area contributed by atoms with Gasteiger partial charge in [-0.25, -0.2) is 8.42 Å². The Balaban J connectivity index is 1.91. The molecular weight excluding hydrogens is 342 g/mol. The van der Waals surface area contributed by atoms with Crippen LogP contribution in [0.5, 0.6) is 11.5 Å². The molecule has 1 atom stereocenters. The van der Waals surface area contributed by atoms with Crippen molar-refractivity contribution in [1.82, 2.24) is 4.72 Å². The van der Waals surface area contributed by atoms with Crippen LogP contribution in [0, 0.1) is 5.92 Å². The highest BCUT2D eigenvalue weighted by atomic mass is 32.2. The van der Waals surface area contributed by atoms with Crippen LogP contribution in [0.4, 0.5) is 0 Å². The summed E-state index contributed by atoms with van der Waals surface area (Å²) >= 11 is 0. The van der Waals surface area contributed by atoms with E-state index in [1.165, 1.54) is 12.1 Å². The first-order valence-electron chi connectivity index (χ1n) is 7.92. The number of para-hydroxylation sites is 1. The fourth-order valence-corrected chi connectivity index (χ4v) is 4.13. The van der Waals surface area contributed by atoms with E-state index in [1.54, 1.807) is 19.9 Å². The molecule has 1 aliphatic heterocycles. The lowest BCUT2D eigenvalue weighted by molar-refractivity contribution is -0.140. The summed E-state index contributed by atoms with van der Waals surface area (Å²) in [6, 6.07) is 11.0. The van der Waals surface area contributed by atoms with Crippen molar-refractivity contribution in [2.24, 2.45) is 5.92 Å². The number of hydrogen-bond donors (Lipinski definition) is 2. The molecule has 0 aliphatic carbocycles. The number of aliphatic carboxylic acids is 1. The minimum Gasteiger partial charge on any atom is -0.480 e. The number of carboxylic acid groups (broad SMARTS) is 1.